The zero-order chi connectivity index (χ0) is 16.3. The molecule has 0 unspecified atom stereocenters. The molecule has 1 heterocycles. The summed E-state index contributed by atoms with van der Waals surface area (Å²) < 4.78 is 22.2. The first kappa shape index (κ1) is 16.7. The summed E-state index contributed by atoms with van der Waals surface area (Å²) in [5.74, 6) is -0.0815. The van der Waals surface area contributed by atoms with Crippen molar-refractivity contribution in [3.63, 3.8) is 0 Å². The third-order valence-corrected chi connectivity index (χ3v) is 5.09. The number of primary sulfonamides is 1. The smallest absolute Gasteiger partial charge is 0.265 e. The van der Waals surface area contributed by atoms with E-state index >= 15 is 0 Å². The van der Waals surface area contributed by atoms with Crippen LogP contribution in [0.1, 0.15) is 39.9 Å². The van der Waals surface area contributed by atoms with Crippen LogP contribution in [0.15, 0.2) is 36.4 Å². The predicted molar refractivity (Wildman–Crippen MR) is 89.6 cm³/mol. The minimum Gasteiger partial charge on any atom is -0.321 e. The summed E-state index contributed by atoms with van der Waals surface area (Å²) in [5, 5.41) is 7.80. The van der Waals surface area contributed by atoms with Crippen molar-refractivity contribution in [2.45, 2.75) is 25.5 Å². The average Bonchev–Trinajstić information content (AvgIpc) is 2.86. The molecule has 1 aromatic carbocycles. The lowest BCUT2D eigenvalue weighted by atomic mass is 10.2. The Balaban J connectivity index is 2.12. The molecular weight excluding hydrogens is 320 g/mol. The van der Waals surface area contributed by atoms with Gasteiger partial charge in [0.05, 0.1) is 10.6 Å². The van der Waals surface area contributed by atoms with Crippen molar-refractivity contribution in [1.29, 1.82) is 0 Å². The molecule has 0 bridgehead atoms. The van der Waals surface area contributed by atoms with E-state index in [4.69, 9.17) is 5.14 Å². The molecule has 0 saturated carbocycles. The number of amides is 1. The maximum absolute atomic E-state index is 12.2. The summed E-state index contributed by atoms with van der Waals surface area (Å²) in [6.45, 7) is 4.15. The molecule has 0 saturated heterocycles. The van der Waals surface area contributed by atoms with E-state index in [2.05, 4.69) is 19.2 Å². The van der Waals surface area contributed by atoms with Crippen LogP contribution in [-0.2, 0) is 15.8 Å². The van der Waals surface area contributed by atoms with Gasteiger partial charge in [-0.15, -0.1) is 11.3 Å². The fourth-order valence-electron chi connectivity index (χ4n) is 1.95. The van der Waals surface area contributed by atoms with E-state index in [0.717, 1.165) is 4.88 Å². The predicted octanol–water partition coefficient (Wildman–Crippen LogP) is 2.91. The Labute approximate surface area is 134 Å². The van der Waals surface area contributed by atoms with E-state index in [1.807, 2.05) is 6.07 Å². The summed E-state index contributed by atoms with van der Waals surface area (Å²) in [6, 6.07) is 10.4. The SMILES string of the molecule is CC(C)c1ccc(C(=O)Nc2cccc(CS(N)(=O)=O)c2)s1. The van der Waals surface area contributed by atoms with E-state index in [9.17, 15) is 13.2 Å². The normalized spacial score (nSPS) is 11.6. The summed E-state index contributed by atoms with van der Waals surface area (Å²) in [5.41, 5.74) is 1.08. The Morgan fingerprint density at radius 2 is 2.00 bits per heavy atom. The highest BCUT2D eigenvalue weighted by Gasteiger charge is 2.12. The van der Waals surface area contributed by atoms with Gasteiger partial charge in [-0.25, -0.2) is 13.6 Å². The highest BCUT2D eigenvalue weighted by molar-refractivity contribution is 7.88. The number of nitrogens with one attached hydrogen (secondary N) is 1. The number of sulfonamides is 1. The lowest BCUT2D eigenvalue weighted by Gasteiger charge is -2.06. The van der Waals surface area contributed by atoms with E-state index < -0.39 is 10.0 Å². The molecule has 22 heavy (non-hydrogen) atoms. The lowest BCUT2D eigenvalue weighted by Crippen LogP contribution is -2.15. The summed E-state index contributed by atoms with van der Waals surface area (Å²) in [7, 11) is -3.59. The van der Waals surface area contributed by atoms with Crippen molar-refractivity contribution in [3.05, 3.63) is 51.7 Å². The van der Waals surface area contributed by atoms with Gasteiger partial charge in [0.1, 0.15) is 0 Å². The number of thiophene rings is 1. The molecule has 0 spiro atoms. The molecule has 0 aliphatic heterocycles. The lowest BCUT2D eigenvalue weighted by molar-refractivity contribution is 0.103. The number of carbonyl (C=O) groups excluding carboxylic acids is 1. The van der Waals surface area contributed by atoms with Gasteiger partial charge in [0.15, 0.2) is 0 Å². The zero-order valence-corrected chi connectivity index (χ0v) is 14.0. The van der Waals surface area contributed by atoms with Gasteiger partial charge < -0.3 is 5.32 Å². The number of hydrogen-bond donors (Lipinski definition) is 2. The minimum atomic E-state index is -3.59. The van der Waals surface area contributed by atoms with Crippen molar-refractivity contribution in [2.24, 2.45) is 5.14 Å². The average molecular weight is 338 g/mol. The van der Waals surface area contributed by atoms with Crippen LogP contribution in [0.3, 0.4) is 0 Å². The van der Waals surface area contributed by atoms with Crippen LogP contribution in [0.5, 0.6) is 0 Å². The van der Waals surface area contributed by atoms with Gasteiger partial charge in [0.25, 0.3) is 5.91 Å². The first-order valence-electron chi connectivity index (χ1n) is 6.75. The third-order valence-electron chi connectivity index (χ3n) is 2.97. The van der Waals surface area contributed by atoms with Gasteiger partial charge in [0.2, 0.25) is 10.0 Å². The Kier molecular flexibility index (Phi) is 5.00. The number of rotatable bonds is 5. The maximum Gasteiger partial charge on any atom is 0.265 e. The van der Waals surface area contributed by atoms with Gasteiger partial charge in [-0.2, -0.15) is 0 Å². The van der Waals surface area contributed by atoms with Crippen molar-refractivity contribution in [3.8, 4) is 0 Å². The largest absolute Gasteiger partial charge is 0.321 e. The molecule has 7 heteroatoms. The Hall–Kier alpha value is -1.70. The van der Waals surface area contributed by atoms with Gasteiger partial charge in [-0.05, 0) is 35.7 Å². The molecule has 5 nitrogen and oxygen atoms in total. The standard InChI is InChI=1S/C15H18N2O3S2/c1-10(2)13-6-7-14(21-13)15(18)17-12-5-3-4-11(8-12)9-22(16,19)20/h3-8,10H,9H2,1-2H3,(H,17,18)(H2,16,19,20). The molecule has 0 atom stereocenters. The van der Waals surface area contributed by atoms with Crippen molar-refractivity contribution >= 4 is 33.0 Å². The fourth-order valence-corrected chi connectivity index (χ4v) is 3.50. The first-order chi connectivity index (χ1) is 10.2. The van der Waals surface area contributed by atoms with Crippen molar-refractivity contribution < 1.29 is 13.2 Å². The molecule has 0 radical (unpaired) electrons. The van der Waals surface area contributed by atoms with Gasteiger partial charge >= 0.3 is 0 Å². The van der Waals surface area contributed by atoms with Gasteiger partial charge in [-0.3, -0.25) is 4.79 Å². The van der Waals surface area contributed by atoms with Crippen LogP contribution in [0, 0.1) is 0 Å². The highest BCUT2D eigenvalue weighted by Crippen LogP contribution is 2.25. The van der Waals surface area contributed by atoms with Gasteiger partial charge in [0, 0.05) is 10.6 Å². The second kappa shape index (κ2) is 6.60. The summed E-state index contributed by atoms with van der Waals surface area (Å²) in [4.78, 5) is 14.0. The quantitative estimate of drug-likeness (QED) is 0.878. The van der Waals surface area contributed by atoms with Crippen LogP contribution < -0.4 is 10.5 Å². The second-order valence-electron chi connectivity index (χ2n) is 5.32. The van der Waals surface area contributed by atoms with Crippen LogP contribution in [0.4, 0.5) is 5.69 Å². The molecule has 1 amide bonds. The number of carbonyl (C=O) groups is 1. The topological polar surface area (TPSA) is 89.3 Å². The second-order valence-corrected chi connectivity index (χ2v) is 8.05. The highest BCUT2D eigenvalue weighted by atomic mass is 32.2. The third kappa shape index (κ3) is 4.66. The molecule has 0 aliphatic carbocycles. The van der Waals surface area contributed by atoms with E-state index in [0.29, 0.717) is 22.0 Å². The molecule has 118 valence electrons. The number of nitrogens with two attached hydrogens (primary N) is 1. The molecular formula is C15H18N2O3S2. The van der Waals surface area contributed by atoms with Crippen molar-refractivity contribution in [1.82, 2.24) is 0 Å². The minimum absolute atomic E-state index is 0.204. The number of anilines is 1. The Bertz CT molecular complexity index is 780. The molecule has 2 aromatic rings. The zero-order valence-electron chi connectivity index (χ0n) is 12.4. The summed E-state index contributed by atoms with van der Waals surface area (Å²) >= 11 is 1.45. The fraction of sp³-hybridized carbons (Fsp3) is 0.267. The molecule has 0 fully saturated rings. The van der Waals surface area contributed by atoms with Crippen LogP contribution in [0.25, 0.3) is 0 Å². The van der Waals surface area contributed by atoms with Crippen molar-refractivity contribution in [2.75, 3.05) is 5.32 Å². The molecule has 0 aliphatic rings. The van der Waals surface area contributed by atoms with E-state index in [-0.39, 0.29) is 11.7 Å². The van der Waals surface area contributed by atoms with E-state index in [1.165, 1.54) is 11.3 Å². The molecule has 3 N–H and O–H groups in total. The van der Waals surface area contributed by atoms with Gasteiger partial charge in [-0.1, -0.05) is 26.0 Å². The summed E-state index contributed by atoms with van der Waals surface area (Å²) in [6.07, 6.45) is 0. The van der Waals surface area contributed by atoms with Crippen LogP contribution >= 0.6 is 11.3 Å². The molecule has 2 rings (SSSR count). The van der Waals surface area contributed by atoms with Crippen LogP contribution in [-0.4, -0.2) is 14.3 Å². The molecule has 1 aromatic heterocycles. The monoisotopic (exact) mass is 338 g/mol. The maximum atomic E-state index is 12.2. The first-order valence-corrected chi connectivity index (χ1v) is 9.28. The van der Waals surface area contributed by atoms with Crippen LogP contribution in [0.2, 0.25) is 0 Å². The Morgan fingerprint density at radius 1 is 1.27 bits per heavy atom. The number of benzene rings is 1. The Morgan fingerprint density at radius 3 is 2.59 bits per heavy atom. The number of hydrogen-bond acceptors (Lipinski definition) is 4. The van der Waals surface area contributed by atoms with E-state index in [1.54, 1.807) is 30.3 Å².